The summed E-state index contributed by atoms with van der Waals surface area (Å²) < 4.78 is 5.57. The molecule has 0 aliphatic heterocycles. The lowest BCUT2D eigenvalue weighted by atomic mass is 10.0. The molecule has 0 saturated heterocycles. The Morgan fingerprint density at radius 3 is 1.78 bits per heavy atom. The highest BCUT2D eigenvalue weighted by atomic mass is 16.5. The molecule has 1 aromatic carbocycles. The van der Waals surface area contributed by atoms with Crippen molar-refractivity contribution in [1.82, 2.24) is 0 Å². The molecule has 0 radical (unpaired) electrons. The van der Waals surface area contributed by atoms with Gasteiger partial charge < -0.3 is 9.84 Å². The third-order valence-corrected chi connectivity index (χ3v) is 7.26. The average Bonchev–Trinajstić information content (AvgIpc) is 2.87. The zero-order valence-corrected chi connectivity index (χ0v) is 23.9. The van der Waals surface area contributed by atoms with Gasteiger partial charge >= 0.3 is 5.97 Å². The second kappa shape index (κ2) is 24.0. The highest BCUT2D eigenvalue weighted by molar-refractivity contribution is 5.72. The molecule has 0 aliphatic rings. The van der Waals surface area contributed by atoms with E-state index in [1.54, 1.807) is 0 Å². The van der Waals surface area contributed by atoms with Gasteiger partial charge in [0.15, 0.2) is 0 Å². The second-order valence-electron chi connectivity index (χ2n) is 10.9. The SMILES string of the molecule is CCCCCCCCCCCCC(O)CCCCC(=O)Oc1cccc(CCCCCCCCC)c1. The Bertz CT molecular complexity index is 627. The van der Waals surface area contributed by atoms with Crippen LogP contribution in [0.1, 0.15) is 161 Å². The van der Waals surface area contributed by atoms with Crippen LogP contribution in [-0.4, -0.2) is 17.2 Å². The van der Waals surface area contributed by atoms with E-state index in [9.17, 15) is 9.90 Å². The lowest BCUT2D eigenvalue weighted by Crippen LogP contribution is -2.09. The van der Waals surface area contributed by atoms with Crippen molar-refractivity contribution in [3.63, 3.8) is 0 Å². The molecule has 1 atom stereocenters. The molecular weight excluding hydrogens is 444 g/mol. The molecule has 1 aromatic rings. The first-order valence-corrected chi connectivity index (χ1v) is 15.6. The number of carbonyl (C=O) groups is 1. The molecule has 1 unspecified atom stereocenters. The molecule has 3 nitrogen and oxygen atoms in total. The molecule has 0 spiro atoms. The summed E-state index contributed by atoms with van der Waals surface area (Å²) in [5.74, 6) is 0.508. The first kappa shape index (κ1) is 32.7. The van der Waals surface area contributed by atoms with Crippen LogP contribution in [0.25, 0.3) is 0 Å². The van der Waals surface area contributed by atoms with Crippen molar-refractivity contribution in [2.75, 3.05) is 0 Å². The molecule has 0 aromatic heterocycles. The summed E-state index contributed by atoms with van der Waals surface area (Å²) in [7, 11) is 0. The second-order valence-corrected chi connectivity index (χ2v) is 10.9. The zero-order chi connectivity index (χ0) is 26.1. The molecule has 1 rings (SSSR count). The van der Waals surface area contributed by atoms with E-state index in [0.29, 0.717) is 12.2 Å². The van der Waals surface area contributed by atoms with Gasteiger partial charge in [-0.1, -0.05) is 135 Å². The maximum Gasteiger partial charge on any atom is 0.311 e. The van der Waals surface area contributed by atoms with Crippen molar-refractivity contribution in [1.29, 1.82) is 0 Å². The van der Waals surface area contributed by atoms with Gasteiger partial charge in [-0.25, -0.2) is 0 Å². The number of ether oxygens (including phenoxy) is 1. The summed E-state index contributed by atoms with van der Waals surface area (Å²) in [6, 6.07) is 8.02. The molecular formula is C33H58O3. The van der Waals surface area contributed by atoms with E-state index >= 15 is 0 Å². The minimum absolute atomic E-state index is 0.160. The van der Waals surface area contributed by atoms with Crippen LogP contribution in [0.15, 0.2) is 24.3 Å². The van der Waals surface area contributed by atoms with Crippen molar-refractivity contribution < 1.29 is 14.6 Å². The predicted molar refractivity (Wildman–Crippen MR) is 155 cm³/mol. The standard InChI is InChI=1S/C33H58O3/c1-3-5-7-9-11-12-13-15-17-19-25-31(34)26-20-21-28-33(35)36-32-27-22-24-30(29-32)23-18-16-14-10-8-6-4-2/h22,24,27,29,31,34H,3-21,23,25-26,28H2,1-2H3. The number of carbonyl (C=O) groups excluding carboxylic acids is 1. The van der Waals surface area contributed by atoms with E-state index < -0.39 is 0 Å². The maximum atomic E-state index is 12.2. The normalized spacial score (nSPS) is 12.1. The van der Waals surface area contributed by atoms with Gasteiger partial charge in [0, 0.05) is 6.42 Å². The largest absolute Gasteiger partial charge is 0.427 e. The zero-order valence-electron chi connectivity index (χ0n) is 23.9. The number of aliphatic hydroxyl groups is 1. The van der Waals surface area contributed by atoms with Crippen LogP contribution in [0.5, 0.6) is 5.75 Å². The van der Waals surface area contributed by atoms with Gasteiger partial charge in [0.1, 0.15) is 5.75 Å². The maximum absolute atomic E-state index is 12.2. The monoisotopic (exact) mass is 502 g/mol. The van der Waals surface area contributed by atoms with E-state index in [0.717, 1.165) is 38.5 Å². The lowest BCUT2D eigenvalue weighted by Gasteiger charge is -2.10. The van der Waals surface area contributed by atoms with Gasteiger partial charge in [-0.3, -0.25) is 4.79 Å². The molecule has 0 aliphatic carbocycles. The summed E-state index contributed by atoms with van der Waals surface area (Å²) in [6.07, 6.45) is 27.0. The van der Waals surface area contributed by atoms with Crippen LogP contribution in [-0.2, 0) is 11.2 Å². The van der Waals surface area contributed by atoms with Crippen molar-refractivity contribution in [2.45, 2.75) is 168 Å². The highest BCUT2D eigenvalue weighted by Crippen LogP contribution is 2.18. The van der Waals surface area contributed by atoms with Crippen molar-refractivity contribution in [3.8, 4) is 5.75 Å². The van der Waals surface area contributed by atoms with Crippen molar-refractivity contribution in [3.05, 3.63) is 29.8 Å². The van der Waals surface area contributed by atoms with E-state index in [1.807, 2.05) is 18.2 Å². The van der Waals surface area contributed by atoms with Gasteiger partial charge in [-0.05, 0) is 49.8 Å². The Hall–Kier alpha value is -1.35. The molecule has 3 heteroatoms. The van der Waals surface area contributed by atoms with Gasteiger partial charge in [-0.15, -0.1) is 0 Å². The number of aryl methyl sites for hydroxylation is 1. The van der Waals surface area contributed by atoms with Crippen LogP contribution in [0.3, 0.4) is 0 Å². The number of aliphatic hydroxyl groups excluding tert-OH is 1. The molecule has 0 bridgehead atoms. The summed E-state index contributed by atoms with van der Waals surface area (Å²) in [6.45, 7) is 4.52. The molecule has 36 heavy (non-hydrogen) atoms. The Morgan fingerprint density at radius 1 is 0.694 bits per heavy atom. The Balaban J connectivity index is 2.02. The van der Waals surface area contributed by atoms with Crippen LogP contribution >= 0.6 is 0 Å². The molecule has 0 heterocycles. The number of hydrogen-bond acceptors (Lipinski definition) is 3. The number of esters is 1. The quantitative estimate of drug-likeness (QED) is 0.0821. The molecule has 0 amide bonds. The van der Waals surface area contributed by atoms with Gasteiger partial charge in [0.25, 0.3) is 0 Å². The van der Waals surface area contributed by atoms with Crippen LogP contribution in [0.4, 0.5) is 0 Å². The van der Waals surface area contributed by atoms with E-state index in [-0.39, 0.29) is 12.1 Å². The van der Waals surface area contributed by atoms with Crippen LogP contribution in [0, 0.1) is 0 Å². The van der Waals surface area contributed by atoms with Crippen molar-refractivity contribution >= 4 is 5.97 Å². The summed E-state index contributed by atoms with van der Waals surface area (Å²) >= 11 is 0. The molecule has 0 saturated carbocycles. The predicted octanol–water partition coefficient (Wildman–Crippen LogP) is 10.1. The van der Waals surface area contributed by atoms with Gasteiger partial charge in [0.05, 0.1) is 6.10 Å². The number of unbranched alkanes of at least 4 members (excludes halogenated alkanes) is 16. The smallest absolute Gasteiger partial charge is 0.311 e. The number of hydrogen-bond donors (Lipinski definition) is 1. The highest BCUT2D eigenvalue weighted by Gasteiger charge is 2.08. The van der Waals surface area contributed by atoms with Crippen molar-refractivity contribution in [2.24, 2.45) is 0 Å². The Kier molecular flexibility index (Phi) is 21.8. The topological polar surface area (TPSA) is 46.5 Å². The molecule has 1 N–H and O–H groups in total. The van der Waals surface area contributed by atoms with Crippen LogP contribution < -0.4 is 4.74 Å². The van der Waals surface area contributed by atoms with Gasteiger partial charge in [-0.2, -0.15) is 0 Å². The number of rotatable bonds is 25. The minimum atomic E-state index is -0.224. The fourth-order valence-corrected chi connectivity index (χ4v) is 4.89. The Labute approximate surface area is 223 Å². The van der Waals surface area contributed by atoms with E-state index in [1.165, 1.54) is 108 Å². The summed E-state index contributed by atoms with van der Waals surface area (Å²) in [5, 5.41) is 10.2. The van der Waals surface area contributed by atoms with Gasteiger partial charge in [0.2, 0.25) is 0 Å². The molecule has 208 valence electrons. The summed E-state index contributed by atoms with van der Waals surface area (Å²) in [5.41, 5.74) is 1.25. The van der Waals surface area contributed by atoms with E-state index in [2.05, 4.69) is 19.9 Å². The third kappa shape index (κ3) is 19.8. The third-order valence-electron chi connectivity index (χ3n) is 7.26. The fraction of sp³-hybridized carbons (Fsp3) is 0.788. The average molecular weight is 503 g/mol. The first-order chi connectivity index (χ1) is 17.7. The fourth-order valence-electron chi connectivity index (χ4n) is 4.89. The minimum Gasteiger partial charge on any atom is -0.427 e. The number of benzene rings is 1. The molecule has 0 fully saturated rings. The first-order valence-electron chi connectivity index (χ1n) is 15.6. The Morgan fingerprint density at radius 2 is 1.19 bits per heavy atom. The van der Waals surface area contributed by atoms with E-state index in [4.69, 9.17) is 4.74 Å². The lowest BCUT2D eigenvalue weighted by molar-refractivity contribution is -0.134. The van der Waals surface area contributed by atoms with Crippen LogP contribution in [0.2, 0.25) is 0 Å². The summed E-state index contributed by atoms with van der Waals surface area (Å²) in [4.78, 5) is 12.2.